The lowest BCUT2D eigenvalue weighted by atomic mass is 9.73. The van der Waals surface area contributed by atoms with Gasteiger partial charge in [0.1, 0.15) is 11.9 Å². The topological polar surface area (TPSA) is 69.7 Å². The SMILES string of the molecule is C=C[C@H]1CN2CC[C@H]1C[C@@H]2[C@H](NC(=S)N[C@H](c1ccccc1)[C@@H](O)c1ccccc1)c1ccnc2ccc(OC)cc12. The minimum Gasteiger partial charge on any atom is -0.497 e. The number of fused-ring (bicyclic) bond motifs is 4. The average molecular weight is 579 g/mol. The fourth-order valence-corrected chi connectivity index (χ4v) is 7.08. The van der Waals surface area contributed by atoms with Crippen molar-refractivity contribution >= 4 is 28.2 Å². The van der Waals surface area contributed by atoms with Crippen molar-refractivity contribution in [1.29, 1.82) is 0 Å². The van der Waals surface area contributed by atoms with Crippen LogP contribution in [0.15, 0.2) is 104 Å². The van der Waals surface area contributed by atoms with E-state index in [-0.39, 0.29) is 12.1 Å². The predicted octanol–water partition coefficient (Wildman–Crippen LogP) is 6.12. The average Bonchev–Trinajstić information content (AvgIpc) is 3.06. The van der Waals surface area contributed by atoms with Crippen LogP contribution in [0.2, 0.25) is 0 Å². The van der Waals surface area contributed by atoms with E-state index in [1.54, 1.807) is 7.11 Å². The monoisotopic (exact) mass is 578 g/mol. The van der Waals surface area contributed by atoms with E-state index in [1.165, 1.54) is 6.42 Å². The zero-order chi connectivity index (χ0) is 29.1. The minimum atomic E-state index is -0.791. The van der Waals surface area contributed by atoms with Crippen LogP contribution in [0, 0.1) is 11.8 Å². The number of thiocarbonyl (C=S) groups is 1. The van der Waals surface area contributed by atoms with Gasteiger partial charge in [-0.25, -0.2) is 0 Å². The summed E-state index contributed by atoms with van der Waals surface area (Å²) >= 11 is 6.04. The van der Waals surface area contributed by atoms with Gasteiger partial charge in [-0.3, -0.25) is 9.88 Å². The van der Waals surface area contributed by atoms with E-state index in [2.05, 4.69) is 45.3 Å². The van der Waals surface area contributed by atoms with E-state index in [4.69, 9.17) is 17.0 Å². The van der Waals surface area contributed by atoms with Crippen LogP contribution in [-0.2, 0) is 0 Å². The Morgan fingerprint density at radius 3 is 2.45 bits per heavy atom. The molecule has 1 unspecified atom stereocenters. The molecule has 7 atom stereocenters. The molecule has 7 rings (SSSR count). The van der Waals surface area contributed by atoms with Crippen LogP contribution in [0.25, 0.3) is 10.9 Å². The van der Waals surface area contributed by atoms with Crippen molar-refractivity contribution in [3.05, 3.63) is 120 Å². The van der Waals surface area contributed by atoms with Crippen molar-refractivity contribution in [2.75, 3.05) is 20.2 Å². The van der Waals surface area contributed by atoms with Gasteiger partial charge >= 0.3 is 0 Å². The second-order valence-corrected chi connectivity index (χ2v) is 11.8. The number of hydrogen-bond donors (Lipinski definition) is 3. The molecule has 0 spiro atoms. The summed E-state index contributed by atoms with van der Waals surface area (Å²) in [6.07, 6.45) is 5.46. The number of aliphatic hydroxyl groups excluding tert-OH is 1. The van der Waals surface area contributed by atoms with Gasteiger partial charge in [-0.05, 0) is 84.4 Å². The molecule has 216 valence electrons. The Morgan fingerprint density at radius 2 is 1.79 bits per heavy atom. The first-order valence-electron chi connectivity index (χ1n) is 14.7. The first-order chi connectivity index (χ1) is 20.6. The largest absolute Gasteiger partial charge is 0.497 e. The van der Waals surface area contributed by atoms with Crippen LogP contribution in [0.3, 0.4) is 0 Å². The Morgan fingerprint density at radius 1 is 1.05 bits per heavy atom. The number of aliphatic hydroxyl groups is 1. The normalized spacial score (nSPS) is 23.5. The van der Waals surface area contributed by atoms with Gasteiger partial charge in [-0.1, -0.05) is 66.7 Å². The number of ether oxygens (including phenoxy) is 1. The number of benzene rings is 3. The molecule has 3 saturated heterocycles. The highest BCUT2D eigenvalue weighted by molar-refractivity contribution is 7.80. The Labute approximate surface area is 253 Å². The predicted molar refractivity (Wildman–Crippen MR) is 172 cm³/mol. The van der Waals surface area contributed by atoms with Crippen LogP contribution >= 0.6 is 12.2 Å². The van der Waals surface area contributed by atoms with Crippen LogP contribution in [0.5, 0.6) is 5.75 Å². The molecular formula is C35H38N4O2S. The summed E-state index contributed by atoms with van der Waals surface area (Å²) in [6.45, 7) is 6.19. The smallest absolute Gasteiger partial charge is 0.167 e. The molecule has 0 aliphatic carbocycles. The third kappa shape index (κ3) is 5.77. The van der Waals surface area contributed by atoms with Gasteiger partial charge in [0.25, 0.3) is 0 Å². The summed E-state index contributed by atoms with van der Waals surface area (Å²) in [4.78, 5) is 7.24. The highest BCUT2D eigenvalue weighted by atomic mass is 32.1. The Hall–Kier alpha value is -3.78. The molecule has 1 aromatic heterocycles. The molecule has 3 N–H and O–H groups in total. The molecule has 4 aromatic rings. The van der Waals surface area contributed by atoms with Crippen molar-refractivity contribution in [3.8, 4) is 5.75 Å². The van der Waals surface area contributed by atoms with Crippen molar-refractivity contribution in [2.24, 2.45) is 11.8 Å². The molecule has 42 heavy (non-hydrogen) atoms. The van der Waals surface area contributed by atoms with Crippen LogP contribution in [0.4, 0.5) is 0 Å². The quantitative estimate of drug-likeness (QED) is 0.163. The molecule has 0 saturated carbocycles. The standard InChI is InChI=1S/C35H38N4O2S/c1-3-23-22-39-19-17-26(23)20-31(39)33(28-16-18-36-30-15-14-27(41-2)21-29(28)30)38-35(42)37-32(24-10-6-4-7-11-24)34(40)25-12-8-5-9-13-25/h3-16,18,21,23,26,31-34,40H,1,17,19-20,22H2,2H3,(H2,37,38,42)/t23-,26-,31+,32+,33+,34-/m0/s1. The molecule has 2 bridgehead atoms. The number of nitrogens with zero attached hydrogens (tertiary/aromatic N) is 2. The number of methoxy groups -OCH3 is 1. The molecule has 3 aliphatic rings. The molecule has 3 aromatic carbocycles. The van der Waals surface area contributed by atoms with Crippen molar-refractivity contribution < 1.29 is 9.84 Å². The number of aromatic nitrogens is 1. The maximum atomic E-state index is 11.5. The zero-order valence-corrected chi connectivity index (χ0v) is 24.7. The lowest BCUT2D eigenvalue weighted by Crippen LogP contribution is -2.58. The molecule has 7 heteroatoms. The molecular weight excluding hydrogens is 540 g/mol. The molecule has 0 radical (unpaired) electrons. The Bertz CT molecular complexity index is 1530. The lowest BCUT2D eigenvalue weighted by Gasteiger charge is -2.52. The third-order valence-corrected chi connectivity index (χ3v) is 9.28. The summed E-state index contributed by atoms with van der Waals surface area (Å²) in [5.41, 5.74) is 3.84. The summed E-state index contributed by atoms with van der Waals surface area (Å²) in [5, 5.41) is 20.3. The van der Waals surface area contributed by atoms with Gasteiger partial charge in [0.2, 0.25) is 0 Å². The molecule has 3 fully saturated rings. The number of hydrogen-bond acceptors (Lipinski definition) is 5. The number of piperidine rings is 3. The maximum Gasteiger partial charge on any atom is 0.167 e. The molecule has 4 heterocycles. The van der Waals surface area contributed by atoms with E-state index in [9.17, 15) is 5.11 Å². The summed E-state index contributed by atoms with van der Waals surface area (Å²) in [5.74, 6) is 1.91. The first kappa shape index (κ1) is 28.3. The van der Waals surface area contributed by atoms with Gasteiger partial charge in [-0.15, -0.1) is 6.58 Å². The van der Waals surface area contributed by atoms with Crippen molar-refractivity contribution in [1.82, 2.24) is 20.5 Å². The maximum absolute atomic E-state index is 11.5. The van der Waals surface area contributed by atoms with E-state index < -0.39 is 12.1 Å². The second kappa shape index (κ2) is 12.6. The number of rotatable bonds is 9. The second-order valence-electron chi connectivity index (χ2n) is 11.4. The van der Waals surface area contributed by atoms with Crippen molar-refractivity contribution in [2.45, 2.75) is 37.1 Å². The van der Waals surface area contributed by atoms with Crippen LogP contribution < -0.4 is 15.4 Å². The molecule has 6 nitrogen and oxygen atoms in total. The molecule has 0 amide bonds. The first-order valence-corrected chi connectivity index (χ1v) is 15.1. The Kier molecular flexibility index (Phi) is 8.51. The van der Waals surface area contributed by atoms with E-state index in [1.807, 2.05) is 79.0 Å². The summed E-state index contributed by atoms with van der Waals surface area (Å²) in [6, 6.07) is 27.6. The van der Waals surface area contributed by atoms with Crippen molar-refractivity contribution in [3.63, 3.8) is 0 Å². The lowest BCUT2D eigenvalue weighted by molar-refractivity contribution is 0.00421. The van der Waals surface area contributed by atoms with Gasteiger partial charge < -0.3 is 20.5 Å². The fourth-order valence-electron chi connectivity index (χ4n) is 6.82. The highest BCUT2D eigenvalue weighted by Crippen LogP contribution is 2.42. The van der Waals surface area contributed by atoms with Crippen LogP contribution in [-0.4, -0.2) is 46.3 Å². The number of pyridine rings is 1. The van der Waals surface area contributed by atoms with Crippen LogP contribution in [0.1, 0.15) is 47.7 Å². The fraction of sp³-hybridized carbons (Fsp3) is 0.314. The Balaban J connectivity index is 1.35. The zero-order valence-electron chi connectivity index (χ0n) is 23.9. The van der Waals surface area contributed by atoms with E-state index in [0.717, 1.165) is 52.9 Å². The minimum absolute atomic E-state index is 0.0959. The van der Waals surface area contributed by atoms with E-state index >= 15 is 0 Å². The molecule has 3 aliphatic heterocycles. The van der Waals surface area contributed by atoms with Gasteiger partial charge in [0.15, 0.2) is 5.11 Å². The summed E-state index contributed by atoms with van der Waals surface area (Å²) in [7, 11) is 1.69. The number of nitrogens with one attached hydrogen (secondary N) is 2. The summed E-state index contributed by atoms with van der Waals surface area (Å²) < 4.78 is 5.60. The highest BCUT2D eigenvalue weighted by Gasteiger charge is 2.43. The van der Waals surface area contributed by atoms with Gasteiger partial charge in [-0.2, -0.15) is 0 Å². The van der Waals surface area contributed by atoms with E-state index in [0.29, 0.717) is 16.9 Å². The third-order valence-electron chi connectivity index (χ3n) is 9.04. The van der Waals surface area contributed by atoms with Gasteiger partial charge in [0.05, 0.1) is 24.7 Å². The van der Waals surface area contributed by atoms with Gasteiger partial charge in [0, 0.05) is 24.2 Å².